The van der Waals surface area contributed by atoms with Gasteiger partial charge in [0.2, 0.25) is 0 Å². The average Bonchev–Trinajstić information content (AvgIpc) is 3.06. The lowest BCUT2D eigenvalue weighted by Gasteiger charge is -2.27. The van der Waals surface area contributed by atoms with E-state index in [4.69, 9.17) is 0 Å². The Bertz CT molecular complexity index is 1090. The topological polar surface area (TPSA) is 59.8 Å². The highest BCUT2D eigenvalue weighted by molar-refractivity contribution is 5.98. The van der Waals surface area contributed by atoms with Crippen LogP contribution >= 0.6 is 0 Å². The number of amides is 1. The highest BCUT2D eigenvalue weighted by Crippen LogP contribution is 2.39. The summed E-state index contributed by atoms with van der Waals surface area (Å²) in [6.45, 7) is 8.79. The molecule has 30 heavy (non-hydrogen) atoms. The lowest BCUT2D eigenvalue weighted by Crippen LogP contribution is -2.37. The Morgan fingerprint density at radius 1 is 1.20 bits per heavy atom. The van der Waals surface area contributed by atoms with Crippen LogP contribution in [-0.4, -0.2) is 26.8 Å². The van der Waals surface area contributed by atoms with Crippen molar-refractivity contribution >= 4 is 16.8 Å². The van der Waals surface area contributed by atoms with E-state index in [2.05, 4.69) is 15.4 Å². The summed E-state index contributed by atoms with van der Waals surface area (Å²) in [6.07, 6.45) is -2.66. The van der Waals surface area contributed by atoms with Crippen LogP contribution in [-0.2, 0) is 12.0 Å². The van der Waals surface area contributed by atoms with Gasteiger partial charge in [-0.2, -0.15) is 18.3 Å². The lowest BCUT2D eigenvalue weighted by molar-refractivity contribution is -0.181. The minimum atomic E-state index is -4.41. The van der Waals surface area contributed by atoms with Crippen LogP contribution in [0.15, 0.2) is 36.5 Å². The van der Waals surface area contributed by atoms with Gasteiger partial charge >= 0.3 is 6.18 Å². The van der Waals surface area contributed by atoms with Gasteiger partial charge in [-0.1, -0.05) is 6.07 Å². The molecule has 3 rings (SSSR count). The van der Waals surface area contributed by atoms with Crippen molar-refractivity contribution in [3.63, 3.8) is 0 Å². The van der Waals surface area contributed by atoms with E-state index in [0.717, 1.165) is 31.6 Å². The van der Waals surface area contributed by atoms with Crippen molar-refractivity contribution in [2.24, 2.45) is 0 Å². The zero-order valence-electron chi connectivity index (χ0n) is 17.6. The van der Waals surface area contributed by atoms with Gasteiger partial charge in [-0.3, -0.25) is 14.5 Å². The first-order chi connectivity index (χ1) is 14.0. The van der Waals surface area contributed by atoms with E-state index in [1.165, 1.54) is 6.07 Å². The number of fused-ring (bicyclic) bond motifs is 1. The molecule has 2 heterocycles. The summed E-state index contributed by atoms with van der Waals surface area (Å²) in [5, 5.41) is 7.85. The quantitative estimate of drug-likeness (QED) is 0.628. The fourth-order valence-corrected chi connectivity index (χ4v) is 3.32. The number of alkyl halides is 3. The molecule has 1 amide bonds. The van der Waals surface area contributed by atoms with Crippen molar-refractivity contribution < 1.29 is 18.0 Å². The fraction of sp³-hybridized carbons (Fsp3) is 0.409. The van der Waals surface area contributed by atoms with E-state index in [1.807, 2.05) is 25.5 Å². The van der Waals surface area contributed by atoms with Crippen molar-refractivity contribution in [2.45, 2.75) is 58.8 Å². The molecule has 2 aromatic heterocycles. The summed E-state index contributed by atoms with van der Waals surface area (Å²) in [4.78, 5) is 16.9. The van der Waals surface area contributed by atoms with Gasteiger partial charge in [0.15, 0.2) is 0 Å². The van der Waals surface area contributed by atoms with Gasteiger partial charge in [-0.15, -0.1) is 0 Å². The minimum Gasteiger partial charge on any atom is -0.345 e. The number of hydrogen-bond acceptors (Lipinski definition) is 3. The van der Waals surface area contributed by atoms with E-state index in [-0.39, 0.29) is 17.6 Å². The van der Waals surface area contributed by atoms with Crippen LogP contribution in [0, 0.1) is 6.92 Å². The van der Waals surface area contributed by atoms with Gasteiger partial charge in [-0.05, 0) is 58.9 Å². The second kappa shape index (κ2) is 7.74. The molecule has 0 bridgehead atoms. The van der Waals surface area contributed by atoms with Crippen molar-refractivity contribution in [3.05, 3.63) is 59.0 Å². The smallest absolute Gasteiger partial charge is 0.345 e. The molecule has 0 saturated carbocycles. The molecule has 1 atom stereocenters. The molecular formula is C22H25F3N4O. The number of aryl methyl sites for hydroxylation is 1. The maximum Gasteiger partial charge on any atom is 0.399 e. The van der Waals surface area contributed by atoms with Crippen LogP contribution in [0.25, 0.3) is 10.9 Å². The van der Waals surface area contributed by atoms with Crippen LogP contribution in [0.2, 0.25) is 0 Å². The maximum atomic E-state index is 13.3. The largest absolute Gasteiger partial charge is 0.399 e. The van der Waals surface area contributed by atoms with Gasteiger partial charge in [0.05, 0.1) is 23.4 Å². The summed E-state index contributed by atoms with van der Waals surface area (Å²) in [7, 11) is 0. The van der Waals surface area contributed by atoms with Crippen molar-refractivity contribution in [3.8, 4) is 0 Å². The molecule has 0 aliphatic carbocycles. The lowest BCUT2D eigenvalue weighted by atomic mass is 9.87. The summed E-state index contributed by atoms with van der Waals surface area (Å²) in [6, 6.07) is 7.48. The fourth-order valence-electron chi connectivity index (χ4n) is 3.32. The van der Waals surface area contributed by atoms with Gasteiger partial charge in [0.25, 0.3) is 5.91 Å². The van der Waals surface area contributed by atoms with E-state index >= 15 is 0 Å². The molecular weight excluding hydrogens is 393 g/mol. The second-order valence-electron chi connectivity index (χ2n) is 7.92. The standard InChI is InChI=1S/C22H25F3N4O/c1-6-29-14(3)17(12-26-29)13(2)27-20(30)16-7-9-18-15(11-16)8-10-19(28-18)21(4,5)22(23,24)25/h7-13H,6H2,1-5H3,(H,27,30). The number of pyridine rings is 1. The van der Waals surface area contributed by atoms with Crippen LogP contribution in [0.3, 0.4) is 0 Å². The summed E-state index contributed by atoms with van der Waals surface area (Å²) < 4.78 is 41.8. The monoisotopic (exact) mass is 418 g/mol. The number of benzene rings is 1. The van der Waals surface area contributed by atoms with Gasteiger partial charge in [0.1, 0.15) is 5.41 Å². The number of aromatic nitrogens is 3. The molecule has 0 saturated heterocycles. The second-order valence-corrected chi connectivity index (χ2v) is 7.92. The normalized spacial score (nSPS) is 13.5. The summed E-state index contributed by atoms with van der Waals surface area (Å²) in [5.74, 6) is -0.271. The number of carbonyl (C=O) groups excluding carboxylic acids is 1. The van der Waals surface area contributed by atoms with Crippen LogP contribution < -0.4 is 5.32 Å². The zero-order valence-corrected chi connectivity index (χ0v) is 17.6. The summed E-state index contributed by atoms with van der Waals surface area (Å²) in [5.41, 5.74) is 0.637. The predicted octanol–water partition coefficient (Wildman–Crippen LogP) is 5.09. The number of halogens is 3. The summed E-state index contributed by atoms with van der Waals surface area (Å²) >= 11 is 0. The first-order valence-electron chi connectivity index (χ1n) is 9.77. The Hall–Kier alpha value is -2.90. The third kappa shape index (κ3) is 3.91. The number of nitrogens with zero attached hydrogens (tertiary/aromatic N) is 3. The molecule has 1 unspecified atom stereocenters. The zero-order chi connectivity index (χ0) is 22.3. The molecule has 5 nitrogen and oxygen atoms in total. The Labute approximate surface area is 173 Å². The molecule has 1 aromatic carbocycles. The van der Waals surface area contributed by atoms with E-state index in [9.17, 15) is 18.0 Å². The van der Waals surface area contributed by atoms with Crippen LogP contribution in [0.4, 0.5) is 13.2 Å². The first-order valence-corrected chi connectivity index (χ1v) is 9.77. The maximum absolute atomic E-state index is 13.3. The number of rotatable bonds is 5. The molecule has 0 spiro atoms. The molecule has 0 fully saturated rings. The van der Waals surface area contributed by atoms with Crippen molar-refractivity contribution in [1.29, 1.82) is 0 Å². The molecule has 160 valence electrons. The highest BCUT2D eigenvalue weighted by atomic mass is 19.4. The minimum absolute atomic E-state index is 0.0586. The molecule has 1 N–H and O–H groups in total. The average molecular weight is 418 g/mol. The van der Waals surface area contributed by atoms with Crippen LogP contribution in [0.1, 0.15) is 61.0 Å². The van der Waals surface area contributed by atoms with Crippen LogP contribution in [0.5, 0.6) is 0 Å². The van der Waals surface area contributed by atoms with Gasteiger partial charge < -0.3 is 5.32 Å². The van der Waals surface area contributed by atoms with Crippen molar-refractivity contribution in [1.82, 2.24) is 20.1 Å². The van der Waals surface area contributed by atoms with E-state index < -0.39 is 11.6 Å². The molecule has 0 radical (unpaired) electrons. The molecule has 8 heteroatoms. The van der Waals surface area contributed by atoms with Crippen molar-refractivity contribution in [2.75, 3.05) is 0 Å². The third-order valence-corrected chi connectivity index (χ3v) is 5.56. The Kier molecular flexibility index (Phi) is 5.62. The van der Waals surface area contributed by atoms with E-state index in [1.54, 1.807) is 30.5 Å². The van der Waals surface area contributed by atoms with E-state index in [0.29, 0.717) is 16.5 Å². The van der Waals surface area contributed by atoms with Gasteiger partial charge in [-0.25, -0.2) is 0 Å². The third-order valence-electron chi connectivity index (χ3n) is 5.56. The number of hydrogen-bond donors (Lipinski definition) is 1. The SMILES string of the molecule is CCn1ncc(C(C)NC(=O)c2ccc3nc(C(C)(C)C(F)(F)F)ccc3c2)c1C. The Balaban J connectivity index is 1.84. The molecule has 3 aromatic rings. The first kappa shape index (κ1) is 21.8. The predicted molar refractivity (Wildman–Crippen MR) is 109 cm³/mol. The Morgan fingerprint density at radius 3 is 2.50 bits per heavy atom. The molecule has 0 aliphatic rings. The van der Waals surface area contributed by atoms with Gasteiger partial charge in [0, 0.05) is 28.8 Å². The Morgan fingerprint density at radius 2 is 1.90 bits per heavy atom. The number of carbonyl (C=O) groups is 1. The number of nitrogens with one attached hydrogen (secondary N) is 1. The highest BCUT2D eigenvalue weighted by Gasteiger charge is 2.49. The molecule has 0 aliphatic heterocycles.